The Balaban J connectivity index is 2.60. The Kier molecular flexibility index (Phi) is 4.54. The molecular weight excluding hydrogens is 253 g/mol. The maximum Gasteiger partial charge on any atom is 0.411 e. The van der Waals surface area contributed by atoms with Gasteiger partial charge in [0.15, 0.2) is 0 Å². The molecule has 18 heavy (non-hydrogen) atoms. The van der Waals surface area contributed by atoms with Crippen LogP contribution in [0.5, 0.6) is 0 Å². The molecule has 0 spiro atoms. The van der Waals surface area contributed by atoms with Gasteiger partial charge in [0.1, 0.15) is 18.5 Å². The zero-order valence-electron chi connectivity index (χ0n) is 9.74. The maximum absolute atomic E-state index is 11.8. The van der Waals surface area contributed by atoms with Crippen molar-refractivity contribution < 1.29 is 23.0 Å². The quantitative estimate of drug-likeness (QED) is 0.527. The molecule has 1 aromatic heterocycles. The molecule has 104 valence electrons. The number of hydrogen-bond acceptors (Lipinski definition) is 5. The Labute approximate surface area is 101 Å². The highest BCUT2D eigenvalue weighted by Crippen LogP contribution is 2.20. The van der Waals surface area contributed by atoms with Gasteiger partial charge in [0.25, 0.3) is 0 Å². The molecule has 1 heterocycles. The summed E-state index contributed by atoms with van der Waals surface area (Å²) in [4.78, 5) is 0. The van der Waals surface area contributed by atoms with Gasteiger partial charge in [-0.1, -0.05) is 0 Å². The first-order valence-corrected chi connectivity index (χ1v) is 5.13. The number of aliphatic hydroxyl groups excluding tert-OH is 1. The van der Waals surface area contributed by atoms with Crippen LogP contribution in [0.3, 0.4) is 0 Å². The molecular formula is C9H15F3N4O2. The highest BCUT2D eigenvalue weighted by molar-refractivity contribution is 5.48. The number of ether oxygens (including phenoxy) is 1. The number of nitrogen functional groups attached to an aromatic ring is 1. The average molecular weight is 268 g/mol. The van der Waals surface area contributed by atoms with E-state index in [0.29, 0.717) is 5.69 Å². The van der Waals surface area contributed by atoms with Crippen molar-refractivity contribution in [2.24, 2.45) is 5.73 Å². The van der Waals surface area contributed by atoms with Crippen LogP contribution in [0.1, 0.15) is 17.6 Å². The number of halogens is 3. The molecule has 0 aliphatic carbocycles. The molecule has 0 saturated heterocycles. The molecule has 0 bridgehead atoms. The van der Waals surface area contributed by atoms with E-state index in [2.05, 4.69) is 9.84 Å². The number of aromatic nitrogens is 2. The summed E-state index contributed by atoms with van der Waals surface area (Å²) in [7, 11) is 0. The predicted molar refractivity (Wildman–Crippen MR) is 57.4 cm³/mol. The molecule has 5 N–H and O–H groups in total. The van der Waals surface area contributed by atoms with E-state index < -0.39 is 19.0 Å². The molecule has 0 saturated carbocycles. The van der Waals surface area contributed by atoms with E-state index >= 15 is 0 Å². The van der Waals surface area contributed by atoms with Gasteiger partial charge in [0.2, 0.25) is 0 Å². The average Bonchev–Trinajstić information content (AvgIpc) is 2.48. The molecule has 1 unspecified atom stereocenters. The summed E-state index contributed by atoms with van der Waals surface area (Å²) in [6.07, 6.45) is -5.70. The van der Waals surface area contributed by atoms with E-state index in [9.17, 15) is 18.3 Å². The number of hydrogen-bond donors (Lipinski definition) is 3. The van der Waals surface area contributed by atoms with Crippen LogP contribution in [0.2, 0.25) is 0 Å². The van der Waals surface area contributed by atoms with Crippen molar-refractivity contribution >= 4 is 5.69 Å². The summed E-state index contributed by atoms with van der Waals surface area (Å²) in [5.41, 5.74) is 11.8. The summed E-state index contributed by atoms with van der Waals surface area (Å²) in [5, 5.41) is 13.3. The number of nitrogens with two attached hydrogens (primary N) is 2. The zero-order valence-corrected chi connectivity index (χ0v) is 9.74. The van der Waals surface area contributed by atoms with Gasteiger partial charge in [-0.2, -0.15) is 18.3 Å². The lowest BCUT2D eigenvalue weighted by molar-refractivity contribution is -0.174. The number of nitrogens with zero attached hydrogens (tertiary/aromatic N) is 2. The Morgan fingerprint density at radius 3 is 2.61 bits per heavy atom. The minimum absolute atomic E-state index is 0.0255. The Morgan fingerprint density at radius 1 is 1.50 bits per heavy atom. The topological polar surface area (TPSA) is 99.3 Å². The van der Waals surface area contributed by atoms with E-state index in [1.165, 1.54) is 4.68 Å². The first kappa shape index (κ1) is 14.7. The largest absolute Gasteiger partial charge is 0.411 e. The normalized spacial score (nSPS) is 13.9. The molecule has 1 aromatic rings. The van der Waals surface area contributed by atoms with Gasteiger partial charge in [-0.15, -0.1) is 0 Å². The Bertz CT molecular complexity index is 403. The van der Waals surface area contributed by atoms with Crippen molar-refractivity contribution in [3.63, 3.8) is 0 Å². The predicted octanol–water partition coefficient (Wildman–Crippen LogP) is 0.302. The molecule has 6 nitrogen and oxygen atoms in total. The second-order valence-corrected chi connectivity index (χ2v) is 3.72. The molecule has 0 radical (unpaired) electrons. The molecule has 1 rings (SSSR count). The van der Waals surface area contributed by atoms with Crippen LogP contribution in [0.4, 0.5) is 18.9 Å². The van der Waals surface area contributed by atoms with Crippen LogP contribution in [-0.4, -0.2) is 34.3 Å². The van der Waals surface area contributed by atoms with Gasteiger partial charge in [0, 0.05) is 0 Å². The summed E-state index contributed by atoms with van der Waals surface area (Å²) < 4.78 is 41.2. The van der Waals surface area contributed by atoms with E-state index in [-0.39, 0.29) is 24.5 Å². The van der Waals surface area contributed by atoms with Crippen molar-refractivity contribution in [1.29, 1.82) is 0 Å². The molecule has 0 fully saturated rings. The summed E-state index contributed by atoms with van der Waals surface area (Å²) in [5.74, 6) is 0. The van der Waals surface area contributed by atoms with Crippen LogP contribution in [-0.2, 0) is 11.3 Å². The number of aliphatic hydroxyl groups is 1. The third kappa shape index (κ3) is 3.86. The summed E-state index contributed by atoms with van der Waals surface area (Å²) >= 11 is 0. The Hall–Kier alpha value is -1.32. The fourth-order valence-corrected chi connectivity index (χ4v) is 1.43. The fourth-order valence-electron chi connectivity index (χ4n) is 1.43. The molecule has 0 aliphatic rings. The Morgan fingerprint density at radius 2 is 2.11 bits per heavy atom. The van der Waals surface area contributed by atoms with Gasteiger partial charge >= 0.3 is 6.18 Å². The molecule has 0 amide bonds. The molecule has 0 aromatic carbocycles. The second kappa shape index (κ2) is 5.55. The minimum Gasteiger partial charge on any atom is -0.396 e. The molecule has 1 atom stereocenters. The summed E-state index contributed by atoms with van der Waals surface area (Å²) in [6.45, 7) is 0.0923. The number of anilines is 1. The third-order valence-electron chi connectivity index (χ3n) is 2.21. The smallest absolute Gasteiger partial charge is 0.396 e. The summed E-state index contributed by atoms with van der Waals surface area (Å²) in [6, 6.07) is 0. The van der Waals surface area contributed by atoms with Gasteiger partial charge in [0.05, 0.1) is 24.5 Å². The monoisotopic (exact) mass is 268 g/mol. The molecule has 0 aliphatic heterocycles. The van der Waals surface area contributed by atoms with Crippen molar-refractivity contribution in [3.8, 4) is 0 Å². The number of rotatable bonds is 5. The van der Waals surface area contributed by atoms with Crippen molar-refractivity contribution in [2.75, 3.05) is 18.9 Å². The number of alkyl halides is 3. The van der Waals surface area contributed by atoms with Gasteiger partial charge in [-0.05, 0) is 6.92 Å². The van der Waals surface area contributed by atoms with E-state index in [0.717, 1.165) is 0 Å². The van der Waals surface area contributed by atoms with Crippen molar-refractivity contribution in [3.05, 3.63) is 11.4 Å². The fraction of sp³-hybridized carbons (Fsp3) is 0.667. The van der Waals surface area contributed by atoms with Crippen molar-refractivity contribution in [2.45, 2.75) is 25.9 Å². The van der Waals surface area contributed by atoms with E-state index in [1.807, 2.05) is 0 Å². The standard InChI is InChI=1S/C9H15F3N4O2/c1-5-6(13)7(8(14)17)16(15-5)2-3-18-4-9(10,11)12/h8,17H,2-4,13-14H2,1H3. The van der Waals surface area contributed by atoms with Gasteiger partial charge in [-0.3, -0.25) is 4.68 Å². The lowest BCUT2D eigenvalue weighted by Gasteiger charge is -2.11. The van der Waals surface area contributed by atoms with Crippen LogP contribution in [0.25, 0.3) is 0 Å². The first-order chi connectivity index (χ1) is 8.22. The lowest BCUT2D eigenvalue weighted by Crippen LogP contribution is -2.22. The zero-order chi connectivity index (χ0) is 13.9. The SMILES string of the molecule is Cc1nn(CCOCC(F)(F)F)c(C(N)O)c1N. The van der Waals surface area contributed by atoms with E-state index in [4.69, 9.17) is 11.5 Å². The highest BCUT2D eigenvalue weighted by Gasteiger charge is 2.27. The molecule has 9 heteroatoms. The second-order valence-electron chi connectivity index (χ2n) is 3.72. The van der Waals surface area contributed by atoms with Gasteiger partial charge < -0.3 is 21.3 Å². The van der Waals surface area contributed by atoms with Gasteiger partial charge in [-0.25, -0.2) is 0 Å². The first-order valence-electron chi connectivity index (χ1n) is 5.13. The maximum atomic E-state index is 11.8. The number of aryl methyl sites for hydroxylation is 1. The van der Waals surface area contributed by atoms with Crippen LogP contribution >= 0.6 is 0 Å². The van der Waals surface area contributed by atoms with Crippen LogP contribution in [0, 0.1) is 6.92 Å². The lowest BCUT2D eigenvalue weighted by atomic mass is 10.3. The minimum atomic E-state index is -4.37. The van der Waals surface area contributed by atoms with Crippen LogP contribution < -0.4 is 11.5 Å². The third-order valence-corrected chi connectivity index (χ3v) is 2.21. The van der Waals surface area contributed by atoms with E-state index in [1.54, 1.807) is 6.92 Å². The highest BCUT2D eigenvalue weighted by atomic mass is 19.4. The van der Waals surface area contributed by atoms with Crippen LogP contribution in [0.15, 0.2) is 0 Å². The van der Waals surface area contributed by atoms with Crippen molar-refractivity contribution in [1.82, 2.24) is 9.78 Å².